The van der Waals surface area contributed by atoms with Gasteiger partial charge in [0.15, 0.2) is 5.01 Å². The van der Waals surface area contributed by atoms with E-state index >= 15 is 0 Å². The molecule has 1 saturated heterocycles. The average molecular weight is 685 g/mol. The van der Waals surface area contributed by atoms with E-state index in [2.05, 4.69) is 12.2 Å². The van der Waals surface area contributed by atoms with Crippen LogP contribution in [-0.4, -0.2) is 66.8 Å². The average Bonchev–Trinajstić information content (AvgIpc) is 3.65. The van der Waals surface area contributed by atoms with Crippen molar-refractivity contribution >= 4 is 71.3 Å². The van der Waals surface area contributed by atoms with Gasteiger partial charge in [0.1, 0.15) is 15.5 Å². The highest BCUT2D eigenvalue weighted by molar-refractivity contribution is 7.91. The number of hydrogen-bond donors (Lipinski definition) is 1. The maximum absolute atomic E-state index is 13.9. The molecule has 2 unspecified atom stereocenters. The van der Waals surface area contributed by atoms with Crippen LogP contribution >= 0.6 is 34.3 Å². The Labute approximate surface area is 272 Å². The van der Waals surface area contributed by atoms with Crippen LogP contribution < -0.4 is 15.7 Å². The summed E-state index contributed by atoms with van der Waals surface area (Å²) < 4.78 is 41.5. The second-order valence-electron chi connectivity index (χ2n) is 11.2. The lowest BCUT2D eigenvalue weighted by Crippen LogP contribution is -2.56. The number of aromatic nitrogens is 1. The highest BCUT2D eigenvalue weighted by atomic mass is 35.5. The van der Waals surface area contributed by atoms with Gasteiger partial charge >= 0.3 is 5.63 Å². The van der Waals surface area contributed by atoms with Crippen molar-refractivity contribution in [1.82, 2.24) is 19.5 Å². The van der Waals surface area contributed by atoms with Gasteiger partial charge in [-0.15, -0.1) is 22.7 Å². The van der Waals surface area contributed by atoms with Gasteiger partial charge < -0.3 is 19.4 Å². The third-order valence-electron chi connectivity index (χ3n) is 8.15. The number of sulfonamides is 1. The fraction of sp³-hybridized carbons (Fsp3) is 0.323. The maximum atomic E-state index is 13.9. The molecule has 0 spiro atoms. The van der Waals surface area contributed by atoms with Gasteiger partial charge in [0.2, 0.25) is 0 Å². The van der Waals surface area contributed by atoms with E-state index in [1.54, 1.807) is 47.4 Å². The third-order valence-corrected chi connectivity index (χ3v) is 12.9. The monoisotopic (exact) mass is 684 g/mol. The first-order valence-corrected chi connectivity index (χ1v) is 18.0. The normalized spacial score (nSPS) is 19.2. The first kappa shape index (κ1) is 30.3. The molecule has 2 aliphatic rings. The number of thiophene rings is 1. The molecule has 45 heavy (non-hydrogen) atoms. The fourth-order valence-corrected chi connectivity index (χ4v) is 10.1. The van der Waals surface area contributed by atoms with Gasteiger partial charge in [-0.1, -0.05) is 17.7 Å². The largest absolute Gasteiger partial charge is 0.493 e. The van der Waals surface area contributed by atoms with Crippen molar-refractivity contribution in [2.24, 2.45) is 0 Å². The van der Waals surface area contributed by atoms with Gasteiger partial charge in [-0.2, -0.15) is 4.31 Å². The molecule has 0 bridgehead atoms. The number of nitrogens with zero attached hydrogens (tertiary/aromatic N) is 3. The molecule has 5 aromatic rings. The Hall–Kier alpha value is -3.33. The predicted molar refractivity (Wildman–Crippen MR) is 175 cm³/mol. The number of fused-ring (bicyclic) bond motifs is 3. The van der Waals surface area contributed by atoms with E-state index < -0.39 is 21.7 Å². The number of carbonyl (C=O) groups is 1. The standard InChI is InChI=1S/C31H29ClN4O6S3/c1-18-12-24-27(16-33-18)44-30(34-24)31(38)36-10-9-35(45(39,40)29-13-20-2-5-21(32)14-26(20)43-29)17-22(36)8-11-41-23-6-3-19-4-7-28(37)42-25(19)15-23/h2-7,13-15,18,22,33H,8-12,16-17H2,1H3. The number of thiazole rings is 1. The molecule has 0 radical (unpaired) electrons. The lowest BCUT2D eigenvalue weighted by Gasteiger charge is -2.40. The molecule has 0 aliphatic carbocycles. The van der Waals surface area contributed by atoms with Crippen molar-refractivity contribution in [2.75, 3.05) is 26.2 Å². The summed E-state index contributed by atoms with van der Waals surface area (Å²) in [7, 11) is -3.83. The number of benzene rings is 2. The molecule has 2 aliphatic heterocycles. The fourth-order valence-electron chi connectivity index (χ4n) is 5.76. The number of halogens is 1. The molecule has 2 atom stereocenters. The third kappa shape index (κ3) is 6.12. The van der Waals surface area contributed by atoms with E-state index in [4.69, 9.17) is 25.7 Å². The van der Waals surface area contributed by atoms with E-state index in [9.17, 15) is 18.0 Å². The number of rotatable bonds is 7. The van der Waals surface area contributed by atoms with Gasteiger partial charge in [0.05, 0.1) is 12.3 Å². The minimum atomic E-state index is -3.83. The molecular formula is C31H29ClN4O6S3. The van der Waals surface area contributed by atoms with Crippen molar-refractivity contribution in [1.29, 1.82) is 0 Å². The van der Waals surface area contributed by atoms with Crippen LogP contribution in [0.2, 0.25) is 5.02 Å². The Morgan fingerprint density at radius 1 is 1.11 bits per heavy atom. The van der Waals surface area contributed by atoms with E-state index in [0.717, 1.165) is 32.5 Å². The molecule has 0 saturated carbocycles. The minimum absolute atomic E-state index is 0.114. The van der Waals surface area contributed by atoms with E-state index in [-0.39, 0.29) is 42.4 Å². The number of nitrogens with one attached hydrogen (secondary N) is 1. The topological polar surface area (TPSA) is 122 Å². The molecular weight excluding hydrogens is 656 g/mol. The minimum Gasteiger partial charge on any atom is -0.493 e. The number of hydrogen-bond acceptors (Lipinski definition) is 10. The molecule has 1 amide bonds. The molecule has 234 valence electrons. The van der Waals surface area contributed by atoms with Gasteiger partial charge in [-0.25, -0.2) is 18.2 Å². The summed E-state index contributed by atoms with van der Waals surface area (Å²) in [6.45, 7) is 3.48. The van der Waals surface area contributed by atoms with Crippen molar-refractivity contribution < 1.29 is 22.4 Å². The highest BCUT2D eigenvalue weighted by Crippen LogP contribution is 2.34. The van der Waals surface area contributed by atoms with Crippen LogP contribution in [0.5, 0.6) is 5.75 Å². The lowest BCUT2D eigenvalue weighted by molar-refractivity contribution is 0.0526. The number of piperazine rings is 1. The molecule has 3 aromatic heterocycles. The van der Waals surface area contributed by atoms with Crippen molar-refractivity contribution in [3.05, 3.63) is 85.6 Å². The first-order chi connectivity index (χ1) is 21.6. The van der Waals surface area contributed by atoms with E-state index in [1.165, 1.54) is 33.0 Å². The number of carbonyl (C=O) groups excluding carboxylic acids is 1. The lowest BCUT2D eigenvalue weighted by atomic mass is 10.1. The van der Waals surface area contributed by atoms with Gasteiger partial charge in [-0.3, -0.25) is 4.79 Å². The summed E-state index contributed by atoms with van der Waals surface area (Å²) in [6.07, 6.45) is 1.13. The Bertz CT molecular complexity index is 2090. The Balaban J connectivity index is 1.13. The summed E-state index contributed by atoms with van der Waals surface area (Å²) in [5.41, 5.74) is 0.907. The van der Waals surface area contributed by atoms with E-state index in [0.29, 0.717) is 34.3 Å². The predicted octanol–water partition coefficient (Wildman–Crippen LogP) is 5.14. The Kier molecular flexibility index (Phi) is 8.17. The zero-order valence-corrected chi connectivity index (χ0v) is 27.4. The van der Waals surface area contributed by atoms with Crippen LogP contribution in [0.1, 0.15) is 33.7 Å². The van der Waals surface area contributed by atoms with Crippen LogP contribution in [0.25, 0.3) is 21.1 Å². The van der Waals surface area contributed by atoms with Crippen LogP contribution in [0.15, 0.2) is 68.0 Å². The maximum Gasteiger partial charge on any atom is 0.336 e. The molecule has 7 rings (SSSR count). The van der Waals surface area contributed by atoms with Crippen LogP contribution in [-0.2, 0) is 23.0 Å². The second kappa shape index (κ2) is 12.1. The zero-order chi connectivity index (χ0) is 31.3. The summed E-state index contributed by atoms with van der Waals surface area (Å²) in [5.74, 6) is 0.307. The van der Waals surface area contributed by atoms with Crippen molar-refractivity contribution in [2.45, 2.75) is 42.6 Å². The molecule has 14 heteroatoms. The van der Waals surface area contributed by atoms with Crippen molar-refractivity contribution in [3.63, 3.8) is 0 Å². The van der Waals surface area contributed by atoms with Gasteiger partial charge in [0, 0.05) is 83.2 Å². The highest BCUT2D eigenvalue weighted by Gasteiger charge is 2.38. The first-order valence-electron chi connectivity index (χ1n) is 14.5. The summed E-state index contributed by atoms with van der Waals surface area (Å²) in [6, 6.07) is 15.1. The SMILES string of the molecule is CC1Cc2nc(C(=O)N3CCN(S(=O)(=O)c4cc5ccc(Cl)cc5s4)CC3CCOc3ccc4ccc(=O)oc4c3)sc2CN1. The Morgan fingerprint density at radius 2 is 1.93 bits per heavy atom. The van der Waals surface area contributed by atoms with Crippen LogP contribution in [0, 0.1) is 0 Å². The second-order valence-corrected chi connectivity index (χ2v) is 16.0. The summed E-state index contributed by atoms with van der Waals surface area (Å²) in [5, 5.41) is 5.96. The quantitative estimate of drug-likeness (QED) is 0.234. The van der Waals surface area contributed by atoms with Gasteiger partial charge in [0.25, 0.3) is 15.9 Å². The Morgan fingerprint density at radius 3 is 2.80 bits per heavy atom. The summed E-state index contributed by atoms with van der Waals surface area (Å²) in [4.78, 5) is 33.1. The van der Waals surface area contributed by atoms with Crippen LogP contribution in [0.3, 0.4) is 0 Å². The molecule has 1 N–H and O–H groups in total. The molecule has 10 nitrogen and oxygen atoms in total. The number of ether oxygens (including phenoxy) is 1. The van der Waals surface area contributed by atoms with Crippen molar-refractivity contribution in [3.8, 4) is 5.75 Å². The molecule has 5 heterocycles. The summed E-state index contributed by atoms with van der Waals surface area (Å²) >= 11 is 8.73. The molecule has 1 fully saturated rings. The zero-order valence-electron chi connectivity index (χ0n) is 24.2. The van der Waals surface area contributed by atoms with Gasteiger partial charge in [-0.05, 0) is 48.7 Å². The van der Waals surface area contributed by atoms with Crippen LogP contribution in [0.4, 0.5) is 0 Å². The number of amides is 1. The van der Waals surface area contributed by atoms with E-state index in [1.807, 2.05) is 6.07 Å². The smallest absolute Gasteiger partial charge is 0.336 e. The molecule has 2 aromatic carbocycles.